The van der Waals surface area contributed by atoms with Crippen molar-refractivity contribution in [1.82, 2.24) is 0 Å². The van der Waals surface area contributed by atoms with Crippen LogP contribution in [0.2, 0.25) is 0 Å². The maximum absolute atomic E-state index is 12.5. The Balaban J connectivity index is 1.58. The molecule has 0 amide bonds. The van der Waals surface area contributed by atoms with Gasteiger partial charge in [-0.3, -0.25) is 9.59 Å². The second-order valence-electron chi connectivity index (χ2n) is 5.80. The molecule has 120 valence electrons. The first-order valence-electron chi connectivity index (χ1n) is 7.95. The minimum Gasteiger partial charge on any atom is -0.281 e. The third kappa shape index (κ3) is 3.19. The molecule has 0 saturated heterocycles. The molecule has 4 aromatic rings. The molecule has 0 unspecified atom stereocenters. The lowest BCUT2D eigenvalue weighted by atomic mass is 10.1. The molecule has 0 N–H and O–H groups in total. The third-order valence-electron chi connectivity index (χ3n) is 4.16. The maximum Gasteiger partial charge on any atom is 0.227 e. The summed E-state index contributed by atoms with van der Waals surface area (Å²) in [4.78, 5) is 25.0. The highest BCUT2D eigenvalue weighted by molar-refractivity contribution is 8.26. The van der Waals surface area contributed by atoms with Crippen LogP contribution in [0.25, 0.3) is 21.5 Å². The lowest BCUT2D eigenvalue weighted by molar-refractivity contribution is 0.106. The van der Waals surface area contributed by atoms with E-state index in [1.165, 1.54) is 0 Å². The van der Waals surface area contributed by atoms with Crippen LogP contribution >= 0.6 is 11.8 Å². The van der Waals surface area contributed by atoms with E-state index in [1.54, 1.807) is 12.1 Å². The van der Waals surface area contributed by atoms with Crippen LogP contribution in [0, 0.1) is 0 Å². The van der Waals surface area contributed by atoms with E-state index in [-0.39, 0.29) is 10.2 Å². The summed E-state index contributed by atoms with van der Waals surface area (Å²) in [6, 6.07) is 26.7. The predicted octanol–water partition coefficient (Wildman–Crippen LogP) is 5.71. The molecule has 2 nitrogen and oxygen atoms in total. The molecule has 3 heteroatoms. The Hall–Kier alpha value is -2.91. The van der Waals surface area contributed by atoms with Gasteiger partial charge in [-0.05, 0) is 57.6 Å². The first-order chi connectivity index (χ1) is 12.2. The summed E-state index contributed by atoms with van der Waals surface area (Å²) in [6.45, 7) is 0. The Bertz CT molecular complexity index is 1030. The number of fused-ring (bicyclic) bond motifs is 2. The molecule has 0 fully saturated rings. The number of carbonyl (C=O) groups excluding carboxylic acids is 2. The zero-order valence-electron chi connectivity index (χ0n) is 13.3. The van der Waals surface area contributed by atoms with Crippen molar-refractivity contribution in [1.29, 1.82) is 0 Å². The van der Waals surface area contributed by atoms with Crippen LogP contribution in [0.15, 0.2) is 84.9 Å². The highest BCUT2D eigenvalue weighted by Crippen LogP contribution is 2.24. The molecular formula is C22H14O2S. The number of carbonyl (C=O) groups is 2. The Kier molecular flexibility index (Phi) is 4.08. The van der Waals surface area contributed by atoms with Crippen LogP contribution in [0.3, 0.4) is 0 Å². The van der Waals surface area contributed by atoms with Crippen LogP contribution < -0.4 is 0 Å². The highest BCUT2D eigenvalue weighted by atomic mass is 32.2. The first-order valence-corrected chi connectivity index (χ1v) is 8.76. The Morgan fingerprint density at radius 3 is 1.36 bits per heavy atom. The summed E-state index contributed by atoms with van der Waals surface area (Å²) < 4.78 is 0. The van der Waals surface area contributed by atoms with Crippen LogP contribution in [0.1, 0.15) is 20.7 Å². The van der Waals surface area contributed by atoms with E-state index in [0.29, 0.717) is 11.1 Å². The van der Waals surface area contributed by atoms with Gasteiger partial charge >= 0.3 is 0 Å². The SMILES string of the molecule is O=C(SC(=O)c1ccc2ccccc2c1)c1ccc2ccccc2c1. The van der Waals surface area contributed by atoms with Gasteiger partial charge in [0.25, 0.3) is 0 Å². The standard InChI is InChI=1S/C22H14O2S/c23-21(19-11-9-15-5-1-3-7-17(15)13-19)25-22(24)20-12-10-16-6-2-4-8-18(16)14-20/h1-14H. The van der Waals surface area contributed by atoms with Crippen LogP contribution in [0.4, 0.5) is 0 Å². The molecule has 25 heavy (non-hydrogen) atoms. The molecule has 4 rings (SSSR count). The van der Waals surface area contributed by atoms with E-state index in [0.717, 1.165) is 33.3 Å². The van der Waals surface area contributed by atoms with E-state index in [4.69, 9.17) is 0 Å². The zero-order valence-corrected chi connectivity index (χ0v) is 14.1. The average molecular weight is 342 g/mol. The Morgan fingerprint density at radius 1 is 0.520 bits per heavy atom. The molecule has 0 atom stereocenters. The van der Waals surface area contributed by atoms with Crippen molar-refractivity contribution in [3.8, 4) is 0 Å². The van der Waals surface area contributed by atoms with Gasteiger partial charge in [-0.25, -0.2) is 0 Å². The molecule has 0 spiro atoms. The van der Waals surface area contributed by atoms with Gasteiger partial charge < -0.3 is 0 Å². The summed E-state index contributed by atoms with van der Waals surface area (Å²) >= 11 is 0.745. The van der Waals surface area contributed by atoms with Crippen molar-refractivity contribution in [2.75, 3.05) is 0 Å². The fraction of sp³-hybridized carbons (Fsp3) is 0. The van der Waals surface area contributed by atoms with Gasteiger partial charge in [0.05, 0.1) is 0 Å². The van der Waals surface area contributed by atoms with Crippen molar-refractivity contribution in [3.05, 3.63) is 96.1 Å². The van der Waals surface area contributed by atoms with E-state index in [1.807, 2.05) is 72.8 Å². The topological polar surface area (TPSA) is 34.1 Å². The van der Waals surface area contributed by atoms with Crippen molar-refractivity contribution < 1.29 is 9.59 Å². The summed E-state index contributed by atoms with van der Waals surface area (Å²) in [5.41, 5.74) is 1.08. The van der Waals surface area contributed by atoms with Gasteiger partial charge in [-0.1, -0.05) is 60.7 Å². The number of benzene rings is 4. The van der Waals surface area contributed by atoms with E-state index < -0.39 is 0 Å². The molecule has 0 aliphatic carbocycles. The van der Waals surface area contributed by atoms with Crippen molar-refractivity contribution in [3.63, 3.8) is 0 Å². The maximum atomic E-state index is 12.5. The summed E-state index contributed by atoms with van der Waals surface area (Å²) in [5, 5.41) is 3.67. The van der Waals surface area contributed by atoms with Crippen molar-refractivity contribution in [2.45, 2.75) is 0 Å². The summed E-state index contributed by atoms with van der Waals surface area (Å²) in [6.07, 6.45) is 0. The predicted molar refractivity (Wildman–Crippen MR) is 104 cm³/mol. The van der Waals surface area contributed by atoms with Gasteiger partial charge in [0.2, 0.25) is 10.2 Å². The summed E-state index contributed by atoms with van der Waals surface area (Å²) in [5.74, 6) is 0. The normalized spacial score (nSPS) is 10.9. The third-order valence-corrected chi connectivity index (χ3v) is 5.00. The Labute approximate surface area is 149 Å². The fourth-order valence-electron chi connectivity index (χ4n) is 2.83. The molecule has 0 aliphatic heterocycles. The van der Waals surface area contributed by atoms with Crippen molar-refractivity contribution >= 4 is 43.5 Å². The molecule has 0 saturated carbocycles. The van der Waals surface area contributed by atoms with Crippen LogP contribution in [0.5, 0.6) is 0 Å². The van der Waals surface area contributed by atoms with Crippen LogP contribution in [-0.2, 0) is 0 Å². The number of hydrogen-bond donors (Lipinski definition) is 0. The fourth-order valence-corrected chi connectivity index (χ4v) is 3.49. The number of thioether (sulfide) groups is 1. The largest absolute Gasteiger partial charge is 0.281 e. The first kappa shape index (κ1) is 15.6. The van der Waals surface area contributed by atoms with Gasteiger partial charge in [-0.2, -0.15) is 0 Å². The molecule has 0 bridgehead atoms. The van der Waals surface area contributed by atoms with E-state index >= 15 is 0 Å². The minimum atomic E-state index is -0.232. The van der Waals surface area contributed by atoms with Crippen molar-refractivity contribution in [2.24, 2.45) is 0 Å². The quantitative estimate of drug-likeness (QED) is 0.468. The van der Waals surface area contributed by atoms with Gasteiger partial charge in [0.15, 0.2) is 0 Å². The molecular weight excluding hydrogens is 328 g/mol. The second-order valence-corrected chi connectivity index (χ2v) is 6.75. The van der Waals surface area contributed by atoms with Crippen LogP contribution in [-0.4, -0.2) is 10.2 Å². The molecule has 0 heterocycles. The lowest BCUT2D eigenvalue weighted by Gasteiger charge is -2.04. The zero-order chi connectivity index (χ0) is 17.2. The molecule has 4 aromatic carbocycles. The van der Waals surface area contributed by atoms with Gasteiger partial charge in [-0.15, -0.1) is 0 Å². The summed E-state index contributed by atoms with van der Waals surface area (Å²) in [7, 11) is 0. The smallest absolute Gasteiger partial charge is 0.227 e. The van der Waals surface area contributed by atoms with E-state index in [9.17, 15) is 9.59 Å². The lowest BCUT2D eigenvalue weighted by Crippen LogP contribution is -2.01. The highest BCUT2D eigenvalue weighted by Gasteiger charge is 2.15. The van der Waals surface area contributed by atoms with E-state index in [2.05, 4.69) is 0 Å². The number of rotatable bonds is 2. The average Bonchev–Trinajstić information content (AvgIpc) is 2.67. The molecule has 0 radical (unpaired) electrons. The number of hydrogen-bond acceptors (Lipinski definition) is 3. The minimum absolute atomic E-state index is 0.232. The molecule has 0 aromatic heterocycles. The second kappa shape index (κ2) is 6.54. The Morgan fingerprint density at radius 2 is 0.920 bits per heavy atom. The monoisotopic (exact) mass is 342 g/mol. The molecule has 0 aliphatic rings. The van der Waals surface area contributed by atoms with Gasteiger partial charge in [0.1, 0.15) is 0 Å². The van der Waals surface area contributed by atoms with Gasteiger partial charge in [0, 0.05) is 11.1 Å².